The largest absolute Gasteiger partial charge is 0.477 e. The number of nitrogens with zero attached hydrogens (tertiary/aromatic N) is 5. The van der Waals surface area contributed by atoms with Crippen LogP contribution in [0.4, 0.5) is 0 Å². The molecule has 0 radical (unpaired) electrons. The maximum Gasteiger partial charge on any atom is 0.352 e. The number of hydrogen-bond acceptors (Lipinski definition) is 10. The minimum atomic E-state index is -3.70. The van der Waals surface area contributed by atoms with Gasteiger partial charge in [-0.3, -0.25) is 14.5 Å². The van der Waals surface area contributed by atoms with Gasteiger partial charge in [0.05, 0.1) is 0 Å². The zero-order valence-electron chi connectivity index (χ0n) is 15.0. The van der Waals surface area contributed by atoms with Gasteiger partial charge in [0.1, 0.15) is 17.1 Å². The SMILES string of the molecule is Cn1nnnc1SCC1=C(C(=O)O)N2C(=O)C(NC(=O)C(Br)S(C)(=O)=O)[C@H]2SC1. The molecule has 158 valence electrons. The summed E-state index contributed by atoms with van der Waals surface area (Å²) in [5.41, 5.74) is 0.393. The Bertz CT molecular complexity index is 1010. The fraction of sp³-hybridized carbons (Fsp3) is 0.538. The molecule has 29 heavy (non-hydrogen) atoms. The van der Waals surface area contributed by atoms with Gasteiger partial charge in [0.15, 0.2) is 14.0 Å². The lowest BCUT2D eigenvalue weighted by atomic mass is 10.0. The van der Waals surface area contributed by atoms with Crippen LogP contribution < -0.4 is 5.32 Å². The van der Waals surface area contributed by atoms with Gasteiger partial charge in [-0.2, -0.15) is 0 Å². The molecule has 1 aromatic heterocycles. The zero-order valence-corrected chi connectivity index (χ0v) is 19.0. The first kappa shape index (κ1) is 22.0. The fourth-order valence-corrected chi connectivity index (χ4v) is 5.63. The first-order valence-corrected chi connectivity index (χ1v) is 12.8. The number of aromatic nitrogens is 4. The number of carboxylic acid groups (broad SMARTS) is 1. The highest BCUT2D eigenvalue weighted by Crippen LogP contribution is 2.41. The van der Waals surface area contributed by atoms with Gasteiger partial charge in [-0.15, -0.1) is 16.9 Å². The number of alkyl halides is 1. The molecule has 3 atom stereocenters. The number of aryl methyl sites for hydroxylation is 1. The van der Waals surface area contributed by atoms with E-state index in [-0.39, 0.29) is 11.4 Å². The maximum atomic E-state index is 12.5. The van der Waals surface area contributed by atoms with Crippen LogP contribution in [0.3, 0.4) is 0 Å². The average Bonchev–Trinajstić information content (AvgIpc) is 3.06. The second kappa shape index (κ2) is 8.23. The molecule has 0 saturated carbocycles. The fourth-order valence-electron chi connectivity index (χ4n) is 2.70. The normalized spacial score (nSPS) is 22.7. The molecule has 0 spiro atoms. The number of halogens is 1. The lowest BCUT2D eigenvalue weighted by Crippen LogP contribution is -2.71. The van der Waals surface area contributed by atoms with E-state index in [1.165, 1.54) is 28.2 Å². The molecule has 12 nitrogen and oxygen atoms in total. The molecular formula is C13H15BrN6O6S3. The summed E-state index contributed by atoms with van der Waals surface area (Å²) in [4.78, 5) is 37.6. The standard InChI is InChI=1S/C13H15BrN6O6S3/c1-19-13(16-17-18-19)28-4-5-3-27-11-6(10(22)20(11)7(5)12(23)24)15-9(21)8(14)29(2,25)26/h6,8,11H,3-4H2,1-2H3,(H,15,21)(H,23,24)/t6?,8?,11-/m1/s1. The molecule has 3 rings (SSSR count). The Hall–Kier alpha value is -1.65. The van der Waals surface area contributed by atoms with Gasteiger partial charge in [0.2, 0.25) is 11.1 Å². The number of aliphatic carboxylic acids is 1. The van der Waals surface area contributed by atoms with Crippen molar-refractivity contribution in [1.82, 2.24) is 30.4 Å². The number of fused-ring (bicyclic) bond motifs is 1. The number of hydrogen-bond donors (Lipinski definition) is 2. The summed E-state index contributed by atoms with van der Waals surface area (Å²) in [6.07, 6.45) is 0.887. The number of β-lactam (4-membered cyclic amide) rings is 1. The van der Waals surface area contributed by atoms with Crippen molar-refractivity contribution in [1.29, 1.82) is 0 Å². The maximum absolute atomic E-state index is 12.5. The van der Waals surface area contributed by atoms with E-state index >= 15 is 0 Å². The molecule has 1 aromatic rings. The van der Waals surface area contributed by atoms with E-state index in [0.29, 0.717) is 16.5 Å². The Morgan fingerprint density at radius 1 is 1.48 bits per heavy atom. The topological polar surface area (TPSA) is 164 Å². The van der Waals surface area contributed by atoms with Crippen molar-refractivity contribution in [2.45, 2.75) is 20.7 Å². The van der Waals surface area contributed by atoms with Crippen LogP contribution in [0.2, 0.25) is 0 Å². The molecule has 16 heteroatoms. The summed E-state index contributed by atoms with van der Waals surface area (Å²) >= 11 is 5.32. The molecule has 2 amide bonds. The minimum Gasteiger partial charge on any atom is -0.477 e. The number of sulfone groups is 1. The van der Waals surface area contributed by atoms with E-state index in [2.05, 4.69) is 36.8 Å². The first-order chi connectivity index (χ1) is 13.5. The summed E-state index contributed by atoms with van der Waals surface area (Å²) in [7, 11) is -2.04. The molecule has 3 heterocycles. The summed E-state index contributed by atoms with van der Waals surface area (Å²) in [6, 6.07) is -0.999. The molecular weight excluding hydrogens is 512 g/mol. The van der Waals surface area contributed by atoms with Crippen molar-refractivity contribution in [3.8, 4) is 0 Å². The minimum absolute atomic E-state index is 0.134. The number of carbonyl (C=O) groups excluding carboxylic acids is 2. The predicted octanol–water partition coefficient (Wildman–Crippen LogP) is -1.19. The Morgan fingerprint density at radius 3 is 2.72 bits per heavy atom. The summed E-state index contributed by atoms with van der Waals surface area (Å²) in [5, 5.41) is 22.9. The van der Waals surface area contributed by atoms with Crippen LogP contribution in [0.25, 0.3) is 0 Å². The third-order valence-corrected chi connectivity index (χ3v) is 9.94. The number of carboxylic acids is 1. The van der Waals surface area contributed by atoms with Gasteiger partial charge < -0.3 is 10.4 Å². The van der Waals surface area contributed by atoms with Gasteiger partial charge in [-0.25, -0.2) is 17.9 Å². The van der Waals surface area contributed by atoms with Crippen LogP contribution in [0, 0.1) is 0 Å². The number of nitrogens with one attached hydrogen (secondary N) is 1. The number of tetrazole rings is 1. The predicted molar refractivity (Wildman–Crippen MR) is 107 cm³/mol. The molecule has 2 unspecified atom stereocenters. The number of carbonyl (C=O) groups is 3. The number of rotatable bonds is 7. The third-order valence-electron chi connectivity index (χ3n) is 4.09. The van der Waals surface area contributed by atoms with E-state index < -0.39 is 43.2 Å². The van der Waals surface area contributed by atoms with Crippen molar-refractivity contribution < 1.29 is 27.9 Å². The average molecular weight is 527 g/mol. The van der Waals surface area contributed by atoms with E-state index in [9.17, 15) is 27.9 Å². The second-order valence-electron chi connectivity index (χ2n) is 6.17. The smallest absolute Gasteiger partial charge is 0.352 e. The van der Waals surface area contributed by atoms with Crippen LogP contribution in [0.15, 0.2) is 16.4 Å². The number of amides is 2. The van der Waals surface area contributed by atoms with E-state index in [0.717, 1.165) is 11.2 Å². The van der Waals surface area contributed by atoms with Gasteiger partial charge in [-0.1, -0.05) is 27.7 Å². The van der Waals surface area contributed by atoms with Crippen LogP contribution >= 0.6 is 39.5 Å². The summed E-state index contributed by atoms with van der Waals surface area (Å²) < 4.78 is 22.9. The number of thioether (sulfide) groups is 2. The van der Waals surface area contributed by atoms with Crippen molar-refractivity contribution in [2.75, 3.05) is 17.8 Å². The molecule has 0 bridgehead atoms. The highest BCUT2D eigenvalue weighted by atomic mass is 79.9. The highest BCUT2D eigenvalue weighted by molar-refractivity contribution is 9.11. The van der Waals surface area contributed by atoms with Crippen molar-refractivity contribution in [3.05, 3.63) is 11.3 Å². The summed E-state index contributed by atoms with van der Waals surface area (Å²) in [5.74, 6) is -2.14. The Kier molecular flexibility index (Phi) is 6.26. The van der Waals surface area contributed by atoms with Crippen LogP contribution in [0.5, 0.6) is 0 Å². The van der Waals surface area contributed by atoms with Crippen LogP contribution in [-0.4, -0.2) is 89.8 Å². The van der Waals surface area contributed by atoms with Gasteiger partial charge in [0, 0.05) is 24.8 Å². The van der Waals surface area contributed by atoms with Crippen molar-refractivity contribution >= 4 is 67.1 Å². The molecule has 0 aliphatic carbocycles. The lowest BCUT2D eigenvalue weighted by molar-refractivity contribution is -0.150. The summed E-state index contributed by atoms with van der Waals surface area (Å²) in [6.45, 7) is 0. The van der Waals surface area contributed by atoms with Crippen LogP contribution in [0.1, 0.15) is 0 Å². The monoisotopic (exact) mass is 526 g/mol. The van der Waals surface area contributed by atoms with Crippen LogP contribution in [-0.2, 0) is 31.3 Å². The molecule has 1 saturated heterocycles. The molecule has 2 aliphatic heterocycles. The Morgan fingerprint density at radius 2 is 2.17 bits per heavy atom. The van der Waals surface area contributed by atoms with Crippen molar-refractivity contribution in [2.24, 2.45) is 7.05 Å². The Labute approximate surface area is 181 Å². The lowest BCUT2D eigenvalue weighted by Gasteiger charge is -2.49. The second-order valence-corrected chi connectivity index (χ2v) is 11.9. The van der Waals surface area contributed by atoms with E-state index in [1.807, 2.05) is 0 Å². The van der Waals surface area contributed by atoms with Gasteiger partial charge >= 0.3 is 5.97 Å². The highest BCUT2D eigenvalue weighted by Gasteiger charge is 2.54. The van der Waals surface area contributed by atoms with E-state index in [1.54, 1.807) is 7.05 Å². The van der Waals surface area contributed by atoms with Gasteiger partial charge in [-0.05, 0) is 16.0 Å². The molecule has 1 fully saturated rings. The quantitative estimate of drug-likeness (QED) is 0.249. The first-order valence-electron chi connectivity index (χ1n) is 7.90. The van der Waals surface area contributed by atoms with Gasteiger partial charge in [0.25, 0.3) is 5.91 Å². The zero-order chi connectivity index (χ0) is 21.5. The van der Waals surface area contributed by atoms with E-state index in [4.69, 9.17) is 0 Å². The Balaban J connectivity index is 1.75. The molecule has 0 aromatic carbocycles. The molecule has 2 N–H and O–H groups in total. The third kappa shape index (κ3) is 4.29. The molecule has 2 aliphatic rings. The van der Waals surface area contributed by atoms with Crippen molar-refractivity contribution in [3.63, 3.8) is 0 Å².